The third kappa shape index (κ3) is 4.22. The molecular weight excluding hydrogens is 412 g/mol. The summed E-state index contributed by atoms with van der Waals surface area (Å²) in [7, 11) is 1.42. The molecule has 1 aliphatic heterocycles. The summed E-state index contributed by atoms with van der Waals surface area (Å²) in [6.07, 6.45) is 2.36. The number of carbonyl (C=O) groups is 1. The Bertz CT molecular complexity index is 1180. The lowest BCUT2D eigenvalue weighted by Crippen LogP contribution is -2.09. The van der Waals surface area contributed by atoms with Crippen LogP contribution in [0.5, 0.6) is 11.5 Å². The average Bonchev–Trinajstić information content (AvgIpc) is 3.42. The minimum Gasteiger partial charge on any atom is -0.492 e. The first kappa shape index (κ1) is 21.6. The lowest BCUT2D eigenvalue weighted by molar-refractivity contribution is -0.141. The van der Waals surface area contributed by atoms with Crippen molar-refractivity contribution in [2.45, 2.75) is 51.0 Å². The van der Waals surface area contributed by atoms with Crippen LogP contribution in [0.1, 0.15) is 66.9 Å². The van der Waals surface area contributed by atoms with Crippen LogP contribution in [0, 0.1) is 0 Å². The van der Waals surface area contributed by atoms with Crippen LogP contribution in [0.2, 0.25) is 0 Å². The van der Waals surface area contributed by atoms with E-state index >= 15 is 0 Å². The van der Waals surface area contributed by atoms with Gasteiger partial charge in [0, 0.05) is 17.5 Å². The normalized spacial score (nSPS) is 18.5. The van der Waals surface area contributed by atoms with Gasteiger partial charge in [-0.05, 0) is 52.6 Å². The van der Waals surface area contributed by atoms with Gasteiger partial charge in [-0.1, -0.05) is 62.4 Å². The fourth-order valence-electron chi connectivity index (χ4n) is 5.08. The van der Waals surface area contributed by atoms with Crippen molar-refractivity contribution in [3.05, 3.63) is 82.9 Å². The SMILES string of the molecule is COC(=O)C[C@@H]1COc2cc(O[C@@H]3CCc4cc(-c5ccccc5C(C)C)ccc43)ccc21. The van der Waals surface area contributed by atoms with Gasteiger partial charge in [0.15, 0.2) is 0 Å². The van der Waals surface area contributed by atoms with Crippen molar-refractivity contribution in [2.24, 2.45) is 0 Å². The number of esters is 1. The van der Waals surface area contributed by atoms with E-state index in [1.807, 2.05) is 18.2 Å². The molecule has 0 radical (unpaired) electrons. The molecule has 4 nitrogen and oxygen atoms in total. The van der Waals surface area contributed by atoms with Crippen molar-refractivity contribution in [3.8, 4) is 22.6 Å². The summed E-state index contributed by atoms with van der Waals surface area (Å²) >= 11 is 0. The van der Waals surface area contributed by atoms with E-state index in [2.05, 4.69) is 56.3 Å². The minimum absolute atomic E-state index is 0.0414. The van der Waals surface area contributed by atoms with E-state index in [1.54, 1.807) is 0 Å². The molecule has 0 aromatic heterocycles. The Morgan fingerprint density at radius 3 is 2.70 bits per heavy atom. The molecule has 0 N–H and O–H groups in total. The average molecular weight is 443 g/mol. The number of hydrogen-bond donors (Lipinski definition) is 0. The molecule has 1 aliphatic carbocycles. The number of aryl methyl sites for hydroxylation is 1. The Kier molecular flexibility index (Phi) is 5.84. The van der Waals surface area contributed by atoms with Crippen molar-refractivity contribution < 1.29 is 19.0 Å². The van der Waals surface area contributed by atoms with Crippen LogP contribution in [0.25, 0.3) is 11.1 Å². The number of fused-ring (bicyclic) bond motifs is 2. The number of methoxy groups -OCH3 is 1. The lowest BCUT2D eigenvalue weighted by atomic mass is 9.91. The zero-order chi connectivity index (χ0) is 22.9. The number of rotatable bonds is 6. The second-order valence-corrected chi connectivity index (χ2v) is 9.29. The summed E-state index contributed by atoms with van der Waals surface area (Å²) in [5.41, 5.74) is 7.66. The molecule has 33 heavy (non-hydrogen) atoms. The second kappa shape index (κ2) is 8.93. The Morgan fingerprint density at radius 2 is 1.88 bits per heavy atom. The van der Waals surface area contributed by atoms with Crippen molar-refractivity contribution in [3.63, 3.8) is 0 Å². The van der Waals surface area contributed by atoms with Gasteiger partial charge in [0.1, 0.15) is 17.6 Å². The van der Waals surface area contributed by atoms with Gasteiger partial charge in [-0.25, -0.2) is 0 Å². The number of ether oxygens (including phenoxy) is 3. The number of carbonyl (C=O) groups excluding carboxylic acids is 1. The molecular formula is C29H30O4. The molecule has 2 aliphatic rings. The highest BCUT2D eigenvalue weighted by Crippen LogP contribution is 2.42. The van der Waals surface area contributed by atoms with Crippen LogP contribution < -0.4 is 9.47 Å². The molecule has 5 rings (SSSR count). The first-order chi connectivity index (χ1) is 16.0. The van der Waals surface area contributed by atoms with Crippen molar-refractivity contribution in [1.29, 1.82) is 0 Å². The molecule has 4 heteroatoms. The van der Waals surface area contributed by atoms with E-state index in [1.165, 1.54) is 34.9 Å². The summed E-state index contributed by atoms with van der Waals surface area (Å²) in [6.45, 7) is 4.99. The van der Waals surface area contributed by atoms with E-state index in [-0.39, 0.29) is 18.0 Å². The van der Waals surface area contributed by atoms with Gasteiger partial charge in [0.2, 0.25) is 0 Å². The van der Waals surface area contributed by atoms with Crippen LogP contribution in [0.15, 0.2) is 60.7 Å². The molecule has 1 heterocycles. The maximum Gasteiger partial charge on any atom is 0.306 e. The van der Waals surface area contributed by atoms with Crippen LogP contribution >= 0.6 is 0 Å². The zero-order valence-corrected chi connectivity index (χ0v) is 19.5. The maximum atomic E-state index is 11.7. The maximum absolute atomic E-state index is 11.7. The van der Waals surface area contributed by atoms with E-state index in [4.69, 9.17) is 14.2 Å². The third-order valence-corrected chi connectivity index (χ3v) is 6.84. The quantitative estimate of drug-likeness (QED) is 0.404. The van der Waals surface area contributed by atoms with Gasteiger partial charge < -0.3 is 14.2 Å². The Hall–Kier alpha value is -3.27. The molecule has 0 fully saturated rings. The Morgan fingerprint density at radius 1 is 1.06 bits per heavy atom. The van der Waals surface area contributed by atoms with Crippen LogP contribution in [0.4, 0.5) is 0 Å². The van der Waals surface area contributed by atoms with Crippen LogP contribution in [0.3, 0.4) is 0 Å². The molecule has 0 unspecified atom stereocenters. The highest BCUT2D eigenvalue weighted by atomic mass is 16.5. The summed E-state index contributed by atoms with van der Waals surface area (Å²) in [4.78, 5) is 11.7. The summed E-state index contributed by atoms with van der Waals surface area (Å²) in [6, 6.07) is 21.4. The zero-order valence-electron chi connectivity index (χ0n) is 19.5. The minimum atomic E-state index is -0.213. The number of benzene rings is 3. The van der Waals surface area contributed by atoms with Crippen molar-refractivity contribution in [1.82, 2.24) is 0 Å². The molecule has 0 bridgehead atoms. The molecule has 0 saturated heterocycles. The summed E-state index contributed by atoms with van der Waals surface area (Å²) in [5, 5.41) is 0. The fourth-order valence-corrected chi connectivity index (χ4v) is 5.08. The smallest absolute Gasteiger partial charge is 0.306 e. The summed E-state index contributed by atoms with van der Waals surface area (Å²) in [5.74, 6) is 1.93. The predicted molar refractivity (Wildman–Crippen MR) is 129 cm³/mol. The van der Waals surface area contributed by atoms with E-state index in [0.717, 1.165) is 29.9 Å². The van der Waals surface area contributed by atoms with E-state index in [9.17, 15) is 4.79 Å². The largest absolute Gasteiger partial charge is 0.492 e. The van der Waals surface area contributed by atoms with Crippen LogP contribution in [-0.4, -0.2) is 19.7 Å². The molecule has 0 saturated carbocycles. The molecule has 3 aromatic carbocycles. The number of hydrogen-bond acceptors (Lipinski definition) is 4. The van der Waals surface area contributed by atoms with Crippen LogP contribution in [-0.2, 0) is 16.0 Å². The third-order valence-electron chi connectivity index (χ3n) is 6.84. The molecule has 170 valence electrons. The summed E-state index contributed by atoms with van der Waals surface area (Å²) < 4.78 is 17.0. The topological polar surface area (TPSA) is 44.8 Å². The van der Waals surface area contributed by atoms with Gasteiger partial charge >= 0.3 is 5.97 Å². The van der Waals surface area contributed by atoms with Gasteiger partial charge in [-0.2, -0.15) is 0 Å². The fraction of sp³-hybridized carbons (Fsp3) is 0.345. The van der Waals surface area contributed by atoms with E-state index < -0.39 is 0 Å². The van der Waals surface area contributed by atoms with Gasteiger partial charge in [0.05, 0.1) is 20.1 Å². The highest BCUT2D eigenvalue weighted by Gasteiger charge is 2.29. The molecule has 2 atom stereocenters. The lowest BCUT2D eigenvalue weighted by Gasteiger charge is -2.17. The van der Waals surface area contributed by atoms with Gasteiger partial charge in [-0.3, -0.25) is 4.79 Å². The van der Waals surface area contributed by atoms with Crippen molar-refractivity contribution in [2.75, 3.05) is 13.7 Å². The monoisotopic (exact) mass is 442 g/mol. The first-order valence-electron chi connectivity index (χ1n) is 11.8. The van der Waals surface area contributed by atoms with Crippen molar-refractivity contribution >= 4 is 5.97 Å². The first-order valence-corrected chi connectivity index (χ1v) is 11.8. The standard InChI is InChI=1S/C29H30O4/c1-18(2)23-6-4-5-7-24(23)19-8-11-25-20(14-19)9-13-27(25)33-22-10-12-26-21(15-29(30)31-3)17-32-28(26)16-22/h4-8,10-12,14,16,18,21,27H,9,13,15,17H2,1-3H3/t21-,27-/m1/s1. The van der Waals surface area contributed by atoms with Gasteiger partial charge in [-0.15, -0.1) is 0 Å². The second-order valence-electron chi connectivity index (χ2n) is 9.29. The predicted octanol–water partition coefficient (Wildman–Crippen LogP) is 6.58. The Labute approximate surface area is 195 Å². The van der Waals surface area contributed by atoms with Gasteiger partial charge in [0.25, 0.3) is 0 Å². The Balaban J connectivity index is 1.34. The van der Waals surface area contributed by atoms with E-state index in [0.29, 0.717) is 18.9 Å². The molecule has 0 spiro atoms. The molecule has 3 aromatic rings. The molecule has 0 amide bonds. The highest BCUT2D eigenvalue weighted by molar-refractivity contribution is 5.71.